The predicted octanol–water partition coefficient (Wildman–Crippen LogP) is 3.10. The predicted molar refractivity (Wildman–Crippen MR) is 136 cm³/mol. The highest BCUT2D eigenvalue weighted by atomic mass is 35.5. The molecule has 0 aliphatic rings. The van der Waals surface area contributed by atoms with E-state index in [2.05, 4.69) is 52.5 Å². The topological polar surface area (TPSA) is 70.9 Å². The third kappa shape index (κ3) is 8.42. The Hall–Kier alpha value is -1.85. The van der Waals surface area contributed by atoms with E-state index in [4.69, 9.17) is 11.6 Å². The Balaban J connectivity index is 2.33. The normalized spacial score (nSPS) is 13.4. The fourth-order valence-corrected chi connectivity index (χ4v) is 5.52. The summed E-state index contributed by atoms with van der Waals surface area (Å²) in [6, 6.07) is 4.76. The Morgan fingerprint density at radius 1 is 1.00 bits per heavy atom. The summed E-state index contributed by atoms with van der Waals surface area (Å²) in [4.78, 5) is 0.0670. The first kappa shape index (κ1) is 28.4. The minimum atomic E-state index is -3.80. The highest BCUT2D eigenvalue weighted by molar-refractivity contribution is 7.89. The van der Waals surface area contributed by atoms with Gasteiger partial charge in [0.1, 0.15) is 10.6 Å². The lowest BCUT2D eigenvalue weighted by Crippen LogP contribution is -2.41. The molecule has 0 unspecified atom stereocenters. The van der Waals surface area contributed by atoms with Gasteiger partial charge in [-0.1, -0.05) is 16.7 Å². The minimum absolute atomic E-state index is 0.0670. The molecule has 0 radical (unpaired) electrons. The van der Waals surface area contributed by atoms with Crippen LogP contribution in [-0.2, 0) is 24.1 Å². The number of imidazole rings is 1. The molecule has 1 heterocycles. The number of quaternary nitrogens is 2. The summed E-state index contributed by atoms with van der Waals surface area (Å²) in [6.07, 6.45) is 5.26. The maximum absolute atomic E-state index is 13.7. The second kappa shape index (κ2) is 11.3. The van der Waals surface area contributed by atoms with Crippen LogP contribution in [-0.4, -0.2) is 94.7 Å². The van der Waals surface area contributed by atoms with Gasteiger partial charge in [0, 0.05) is 31.0 Å². The van der Waals surface area contributed by atoms with Crippen LogP contribution in [0.25, 0.3) is 0 Å². The summed E-state index contributed by atoms with van der Waals surface area (Å²) in [5, 5.41) is 8.74. The summed E-state index contributed by atoms with van der Waals surface area (Å²) in [5.74, 6) is 0.640. The number of nitrogens with zero attached hydrogens (tertiary/aromatic N) is 7. The lowest BCUT2D eigenvalue weighted by atomic mass is 10.3. The summed E-state index contributed by atoms with van der Waals surface area (Å²) in [5.41, 5.74) is 0.432. The fourth-order valence-electron chi connectivity index (χ4n) is 3.51. The monoisotopic (exact) mass is 514 g/mol. The number of sulfonamides is 1. The molecule has 0 atom stereocenters. The van der Waals surface area contributed by atoms with Crippen molar-refractivity contribution in [3.05, 3.63) is 35.6 Å². The van der Waals surface area contributed by atoms with E-state index in [1.165, 1.54) is 6.07 Å². The summed E-state index contributed by atoms with van der Waals surface area (Å²) >= 11 is 6.40. The van der Waals surface area contributed by atoms with E-state index in [9.17, 15) is 8.42 Å². The smallest absolute Gasteiger partial charge is 0.331 e. The van der Waals surface area contributed by atoms with E-state index in [1.54, 1.807) is 16.4 Å². The average Bonchev–Trinajstić information content (AvgIpc) is 3.02. The molecule has 190 valence electrons. The second-order valence-electron chi connectivity index (χ2n) is 10.8. The first-order valence-corrected chi connectivity index (χ1v) is 13.3. The van der Waals surface area contributed by atoms with Crippen molar-refractivity contribution in [2.24, 2.45) is 24.3 Å². The molecule has 0 amide bonds. The molecule has 2 aromatic rings. The van der Waals surface area contributed by atoms with Crippen LogP contribution < -0.4 is 4.57 Å². The van der Waals surface area contributed by atoms with Gasteiger partial charge in [-0.25, -0.2) is 17.6 Å². The molecule has 0 N–H and O–H groups in total. The SMILES string of the molecule is Cn1cc[n+](C)c1/N=N/c1ccc(Cl)c(S(=O)(=O)N(CCC[N+](C)(C)C)CCC[N+](C)(C)C)c1. The van der Waals surface area contributed by atoms with E-state index in [0.717, 1.165) is 34.9 Å². The third-order valence-corrected chi connectivity index (χ3v) is 7.79. The van der Waals surface area contributed by atoms with Gasteiger partial charge in [0.2, 0.25) is 10.0 Å². The maximum Gasteiger partial charge on any atom is 0.421 e. The van der Waals surface area contributed by atoms with Gasteiger partial charge in [0.15, 0.2) is 0 Å². The van der Waals surface area contributed by atoms with Crippen LogP contribution in [0.3, 0.4) is 0 Å². The second-order valence-corrected chi connectivity index (χ2v) is 13.1. The molecule has 0 saturated heterocycles. The summed E-state index contributed by atoms with van der Waals surface area (Å²) in [6.45, 7) is 2.63. The van der Waals surface area contributed by atoms with Crippen LogP contribution in [0.1, 0.15) is 12.8 Å². The quantitative estimate of drug-likeness (QED) is 0.248. The molecule has 0 fully saturated rings. The zero-order valence-corrected chi connectivity index (χ0v) is 23.4. The summed E-state index contributed by atoms with van der Waals surface area (Å²) in [7, 11) is 12.6. The fraction of sp³-hybridized carbons (Fsp3) is 0.609. The maximum atomic E-state index is 13.7. The van der Waals surface area contributed by atoms with E-state index in [1.807, 2.05) is 35.6 Å². The highest BCUT2D eigenvalue weighted by Crippen LogP contribution is 2.30. The zero-order chi connectivity index (χ0) is 25.7. The Bertz CT molecular complexity index is 1060. The van der Waals surface area contributed by atoms with Crippen molar-refractivity contribution in [3.8, 4) is 0 Å². The number of rotatable bonds is 12. The molecule has 0 bridgehead atoms. The Morgan fingerprint density at radius 2 is 1.56 bits per heavy atom. The van der Waals surface area contributed by atoms with Gasteiger partial charge in [-0.15, -0.1) is 0 Å². The van der Waals surface area contributed by atoms with Crippen molar-refractivity contribution < 1.29 is 22.0 Å². The van der Waals surface area contributed by atoms with Gasteiger partial charge >= 0.3 is 5.95 Å². The molecule has 0 aliphatic heterocycles. The van der Waals surface area contributed by atoms with Gasteiger partial charge in [-0.2, -0.15) is 4.31 Å². The number of hydrogen-bond donors (Lipinski definition) is 0. The van der Waals surface area contributed by atoms with Crippen LogP contribution in [0.15, 0.2) is 45.7 Å². The van der Waals surface area contributed by atoms with E-state index in [-0.39, 0.29) is 9.92 Å². The van der Waals surface area contributed by atoms with Crippen LogP contribution in [0.2, 0.25) is 5.02 Å². The van der Waals surface area contributed by atoms with Crippen molar-refractivity contribution in [2.75, 3.05) is 68.5 Å². The lowest BCUT2D eigenvalue weighted by molar-refractivity contribution is -0.870. The number of aryl methyl sites for hydroxylation is 2. The third-order valence-electron chi connectivity index (χ3n) is 5.41. The first-order chi connectivity index (χ1) is 15.6. The molecule has 34 heavy (non-hydrogen) atoms. The average molecular weight is 515 g/mol. The summed E-state index contributed by atoms with van der Waals surface area (Å²) < 4.78 is 34.2. The molecular weight excluding hydrogens is 474 g/mol. The van der Waals surface area contributed by atoms with Gasteiger partial charge in [0.25, 0.3) is 0 Å². The van der Waals surface area contributed by atoms with Crippen LogP contribution in [0.4, 0.5) is 11.6 Å². The van der Waals surface area contributed by atoms with Crippen LogP contribution in [0.5, 0.6) is 0 Å². The van der Waals surface area contributed by atoms with E-state index < -0.39 is 10.0 Å². The number of azo groups is 1. The first-order valence-electron chi connectivity index (χ1n) is 11.4. The molecule has 11 heteroatoms. The van der Waals surface area contributed by atoms with Gasteiger partial charge < -0.3 is 8.97 Å². The van der Waals surface area contributed by atoms with Gasteiger partial charge in [-0.3, -0.25) is 0 Å². The van der Waals surface area contributed by atoms with Gasteiger partial charge in [0.05, 0.1) is 86.9 Å². The highest BCUT2D eigenvalue weighted by Gasteiger charge is 2.28. The largest absolute Gasteiger partial charge is 0.421 e. The Kier molecular flexibility index (Phi) is 9.40. The van der Waals surface area contributed by atoms with Crippen molar-refractivity contribution in [1.82, 2.24) is 8.87 Å². The number of halogens is 1. The van der Waals surface area contributed by atoms with Crippen molar-refractivity contribution >= 4 is 33.3 Å². The number of aromatic nitrogens is 2. The number of hydrogen-bond acceptors (Lipinski definition) is 4. The number of benzene rings is 1. The molecular formula is C23H41ClN7O2S+3. The molecule has 2 rings (SSSR count). The lowest BCUT2D eigenvalue weighted by Gasteiger charge is -2.28. The standard InChI is InChI=1S/C23H41ClN7O2S/c1-27-15-16-28(2)23(27)26-25-20-11-12-21(24)22(19-20)34(32,33)29(13-9-17-30(3,4)5)14-10-18-31(6,7)8/h11-12,15-16,19H,9-10,13-14,17-18H2,1-8H3/q+3. The van der Waals surface area contributed by atoms with E-state index >= 15 is 0 Å². The zero-order valence-electron chi connectivity index (χ0n) is 21.9. The van der Waals surface area contributed by atoms with Crippen molar-refractivity contribution in [2.45, 2.75) is 17.7 Å². The molecule has 9 nitrogen and oxygen atoms in total. The molecule has 0 saturated carbocycles. The minimum Gasteiger partial charge on any atom is -0.331 e. The van der Waals surface area contributed by atoms with Crippen LogP contribution in [0, 0.1) is 0 Å². The Labute approximate surface area is 210 Å². The molecule has 1 aromatic heterocycles. The van der Waals surface area contributed by atoms with Crippen molar-refractivity contribution in [3.63, 3.8) is 0 Å². The van der Waals surface area contributed by atoms with Gasteiger partial charge in [-0.05, 0) is 18.2 Å². The molecule has 1 aromatic carbocycles. The molecule has 0 spiro atoms. The van der Waals surface area contributed by atoms with Crippen molar-refractivity contribution in [1.29, 1.82) is 0 Å². The van der Waals surface area contributed by atoms with E-state index in [0.29, 0.717) is 24.7 Å². The molecule has 0 aliphatic carbocycles. The Morgan fingerprint density at radius 3 is 2.03 bits per heavy atom. The van der Waals surface area contributed by atoms with Crippen LogP contribution >= 0.6 is 11.6 Å².